The highest BCUT2D eigenvalue weighted by Crippen LogP contribution is 2.40. The summed E-state index contributed by atoms with van der Waals surface area (Å²) in [6.45, 7) is 1.83. The number of thiophene rings is 1. The van der Waals surface area contributed by atoms with Crippen molar-refractivity contribution in [3.8, 4) is 0 Å². The molecule has 1 heterocycles. The second kappa shape index (κ2) is 3.72. The van der Waals surface area contributed by atoms with E-state index in [0.29, 0.717) is 0 Å². The zero-order chi connectivity index (χ0) is 10.0. The SMILES string of the molecule is C[P@](=O)(c1ccccc1)c1cccs1. The summed E-state index contributed by atoms with van der Waals surface area (Å²) >= 11 is 1.56. The fraction of sp³-hybridized carbons (Fsp3) is 0.0909. The molecule has 0 bridgehead atoms. The molecule has 1 aromatic carbocycles. The van der Waals surface area contributed by atoms with Gasteiger partial charge in [-0.3, -0.25) is 0 Å². The van der Waals surface area contributed by atoms with Gasteiger partial charge in [0.25, 0.3) is 0 Å². The third kappa shape index (κ3) is 1.68. The number of hydrogen-bond donors (Lipinski definition) is 0. The van der Waals surface area contributed by atoms with Gasteiger partial charge in [0.2, 0.25) is 0 Å². The van der Waals surface area contributed by atoms with Gasteiger partial charge in [0, 0.05) is 5.30 Å². The molecule has 0 aliphatic carbocycles. The monoisotopic (exact) mass is 222 g/mol. The first-order chi connectivity index (χ1) is 6.71. The second-order valence-electron chi connectivity index (χ2n) is 3.21. The Morgan fingerprint density at radius 2 is 1.79 bits per heavy atom. The maximum Gasteiger partial charge on any atom is 0.149 e. The number of hydrogen-bond acceptors (Lipinski definition) is 2. The third-order valence-corrected chi connectivity index (χ3v) is 6.48. The molecule has 0 spiro atoms. The van der Waals surface area contributed by atoms with E-state index in [-0.39, 0.29) is 0 Å². The van der Waals surface area contributed by atoms with Crippen LogP contribution in [0, 0.1) is 0 Å². The van der Waals surface area contributed by atoms with Crippen LogP contribution < -0.4 is 9.92 Å². The Bertz CT molecular complexity index is 447. The van der Waals surface area contributed by atoms with Crippen LogP contribution in [0.15, 0.2) is 47.8 Å². The molecule has 1 atom stereocenters. The van der Waals surface area contributed by atoms with Crippen LogP contribution in [-0.4, -0.2) is 6.66 Å². The zero-order valence-electron chi connectivity index (χ0n) is 7.88. The van der Waals surface area contributed by atoms with Gasteiger partial charge in [0.15, 0.2) is 0 Å². The van der Waals surface area contributed by atoms with Gasteiger partial charge in [-0.1, -0.05) is 36.4 Å². The molecule has 0 fully saturated rings. The lowest BCUT2D eigenvalue weighted by Gasteiger charge is -2.10. The fourth-order valence-electron chi connectivity index (χ4n) is 1.35. The van der Waals surface area contributed by atoms with Crippen LogP contribution >= 0.6 is 18.5 Å². The van der Waals surface area contributed by atoms with Crippen LogP contribution in [0.1, 0.15) is 0 Å². The van der Waals surface area contributed by atoms with Crippen molar-refractivity contribution in [3.63, 3.8) is 0 Å². The first-order valence-corrected chi connectivity index (χ1v) is 7.42. The van der Waals surface area contributed by atoms with Crippen molar-refractivity contribution in [2.75, 3.05) is 6.66 Å². The van der Waals surface area contributed by atoms with Gasteiger partial charge in [0.1, 0.15) is 7.14 Å². The molecule has 72 valence electrons. The van der Waals surface area contributed by atoms with Crippen molar-refractivity contribution in [2.45, 2.75) is 0 Å². The van der Waals surface area contributed by atoms with Crippen LogP contribution in [0.2, 0.25) is 0 Å². The summed E-state index contributed by atoms with van der Waals surface area (Å²) in [6.07, 6.45) is 0. The van der Waals surface area contributed by atoms with E-state index < -0.39 is 7.14 Å². The molecule has 14 heavy (non-hydrogen) atoms. The Hall–Kier alpha value is -0.850. The molecular formula is C11H11OPS. The van der Waals surface area contributed by atoms with E-state index in [1.54, 1.807) is 11.3 Å². The van der Waals surface area contributed by atoms with Gasteiger partial charge in [-0.05, 0) is 18.1 Å². The molecule has 2 rings (SSSR count). The van der Waals surface area contributed by atoms with Gasteiger partial charge in [-0.25, -0.2) is 0 Å². The van der Waals surface area contributed by atoms with E-state index >= 15 is 0 Å². The Balaban J connectivity index is 2.49. The van der Waals surface area contributed by atoms with E-state index in [1.807, 2.05) is 54.5 Å². The van der Waals surface area contributed by atoms with E-state index in [1.165, 1.54) is 0 Å². The second-order valence-corrected chi connectivity index (χ2v) is 7.31. The van der Waals surface area contributed by atoms with Crippen LogP contribution in [0.5, 0.6) is 0 Å². The van der Waals surface area contributed by atoms with Crippen LogP contribution in [0.25, 0.3) is 0 Å². The van der Waals surface area contributed by atoms with Crippen molar-refractivity contribution in [2.24, 2.45) is 0 Å². The molecule has 0 aliphatic rings. The maximum atomic E-state index is 12.5. The predicted molar refractivity (Wildman–Crippen MR) is 63.6 cm³/mol. The maximum absolute atomic E-state index is 12.5. The van der Waals surface area contributed by atoms with Gasteiger partial charge in [-0.2, -0.15) is 0 Å². The fourth-order valence-corrected chi connectivity index (χ4v) is 4.48. The highest BCUT2D eigenvalue weighted by atomic mass is 32.1. The standard InChI is InChI=1S/C11H11OPS/c1-13(12,11-8-5-9-14-11)10-6-3-2-4-7-10/h2-9H,1H3/t13-/m0/s1. The molecule has 2 aromatic rings. The van der Waals surface area contributed by atoms with Gasteiger partial charge in [0.05, 0.1) is 4.62 Å². The Labute approximate surface area is 87.8 Å². The summed E-state index contributed by atoms with van der Waals surface area (Å²) in [7, 11) is -2.33. The largest absolute Gasteiger partial charge is 0.313 e. The lowest BCUT2D eigenvalue weighted by molar-refractivity contribution is 0.591. The highest BCUT2D eigenvalue weighted by Gasteiger charge is 2.21. The molecular weight excluding hydrogens is 211 g/mol. The Morgan fingerprint density at radius 1 is 1.07 bits per heavy atom. The van der Waals surface area contributed by atoms with Crippen molar-refractivity contribution in [1.82, 2.24) is 0 Å². The first kappa shape index (κ1) is 9.70. The lowest BCUT2D eigenvalue weighted by Crippen LogP contribution is -2.11. The normalized spacial score (nSPS) is 14.9. The van der Waals surface area contributed by atoms with Crippen molar-refractivity contribution < 1.29 is 4.57 Å². The molecule has 0 aliphatic heterocycles. The number of rotatable bonds is 2. The van der Waals surface area contributed by atoms with E-state index in [9.17, 15) is 4.57 Å². The molecule has 0 radical (unpaired) electrons. The Kier molecular flexibility index (Phi) is 2.58. The molecule has 0 saturated heterocycles. The minimum absolute atomic E-state index is 0.933. The summed E-state index contributed by atoms with van der Waals surface area (Å²) in [4.78, 5) is 0. The average molecular weight is 222 g/mol. The van der Waals surface area contributed by atoms with Crippen LogP contribution in [0.4, 0.5) is 0 Å². The molecule has 0 saturated carbocycles. The van der Waals surface area contributed by atoms with Gasteiger partial charge < -0.3 is 4.57 Å². The zero-order valence-corrected chi connectivity index (χ0v) is 9.59. The third-order valence-electron chi connectivity index (χ3n) is 2.18. The van der Waals surface area contributed by atoms with E-state index in [0.717, 1.165) is 9.92 Å². The lowest BCUT2D eigenvalue weighted by atomic mass is 10.4. The highest BCUT2D eigenvalue weighted by molar-refractivity contribution is 7.82. The first-order valence-electron chi connectivity index (χ1n) is 4.38. The van der Waals surface area contributed by atoms with Crippen LogP contribution in [-0.2, 0) is 4.57 Å². The summed E-state index contributed by atoms with van der Waals surface area (Å²) in [5, 5.41) is 2.90. The Morgan fingerprint density at radius 3 is 2.36 bits per heavy atom. The predicted octanol–water partition coefficient (Wildman–Crippen LogP) is 2.69. The number of benzene rings is 1. The molecule has 0 unspecified atom stereocenters. The van der Waals surface area contributed by atoms with E-state index in [4.69, 9.17) is 0 Å². The quantitative estimate of drug-likeness (QED) is 0.714. The topological polar surface area (TPSA) is 17.1 Å². The average Bonchev–Trinajstić information content (AvgIpc) is 2.72. The summed E-state index contributed by atoms with van der Waals surface area (Å²) in [5.74, 6) is 0. The molecule has 1 aromatic heterocycles. The molecule has 3 heteroatoms. The molecule has 1 nitrogen and oxygen atoms in total. The van der Waals surface area contributed by atoms with Crippen molar-refractivity contribution in [3.05, 3.63) is 47.8 Å². The minimum Gasteiger partial charge on any atom is -0.313 e. The van der Waals surface area contributed by atoms with Crippen LogP contribution in [0.3, 0.4) is 0 Å². The van der Waals surface area contributed by atoms with Crippen molar-refractivity contribution in [1.29, 1.82) is 0 Å². The smallest absolute Gasteiger partial charge is 0.149 e. The van der Waals surface area contributed by atoms with Gasteiger partial charge >= 0.3 is 0 Å². The molecule has 0 N–H and O–H groups in total. The van der Waals surface area contributed by atoms with Gasteiger partial charge in [-0.15, -0.1) is 11.3 Å². The summed E-state index contributed by atoms with van der Waals surface area (Å²) in [6, 6.07) is 13.6. The minimum atomic E-state index is -2.33. The molecule has 0 amide bonds. The summed E-state index contributed by atoms with van der Waals surface area (Å²) < 4.78 is 13.5. The summed E-state index contributed by atoms with van der Waals surface area (Å²) in [5.41, 5.74) is 0. The van der Waals surface area contributed by atoms with E-state index in [2.05, 4.69) is 0 Å². The van der Waals surface area contributed by atoms with Crippen molar-refractivity contribution >= 4 is 28.4 Å².